The van der Waals surface area contributed by atoms with Gasteiger partial charge in [0, 0.05) is 53.3 Å². The first-order valence-corrected chi connectivity index (χ1v) is 11.2. The third kappa shape index (κ3) is 12.1. The molecule has 0 bridgehead atoms. The van der Waals surface area contributed by atoms with E-state index in [1.165, 1.54) is 12.8 Å². The zero-order chi connectivity index (χ0) is 19.0. The average Bonchev–Trinajstić information content (AvgIpc) is 2.62. The molecule has 0 saturated carbocycles. The normalized spacial score (nSPS) is 11.4. The van der Waals surface area contributed by atoms with Gasteiger partial charge in [0.15, 0.2) is 0 Å². The molecule has 0 aromatic heterocycles. The Morgan fingerprint density at radius 2 is 1.28 bits per heavy atom. The van der Waals surface area contributed by atoms with Crippen LogP contribution in [0.4, 0.5) is 0 Å². The van der Waals surface area contributed by atoms with Crippen molar-refractivity contribution in [2.45, 2.75) is 64.3 Å². The van der Waals surface area contributed by atoms with Gasteiger partial charge in [-0.1, -0.05) is 26.2 Å². The molecular formula is C17H36N2O5Si. The van der Waals surface area contributed by atoms with Crippen molar-refractivity contribution in [2.75, 3.05) is 34.4 Å². The molecule has 2 amide bonds. The first-order valence-electron chi connectivity index (χ1n) is 9.22. The summed E-state index contributed by atoms with van der Waals surface area (Å²) >= 11 is 0. The van der Waals surface area contributed by atoms with Crippen LogP contribution < -0.4 is 10.6 Å². The molecular weight excluding hydrogens is 340 g/mol. The lowest BCUT2D eigenvalue weighted by Gasteiger charge is -2.24. The summed E-state index contributed by atoms with van der Waals surface area (Å²) in [5, 5.41) is 5.76. The number of rotatable bonds is 16. The summed E-state index contributed by atoms with van der Waals surface area (Å²) in [6.07, 6.45) is 6.94. The Morgan fingerprint density at radius 3 is 1.76 bits per heavy atom. The zero-order valence-corrected chi connectivity index (χ0v) is 17.3. The highest BCUT2D eigenvalue weighted by Crippen LogP contribution is 2.11. The Hall–Kier alpha value is -0.963. The lowest BCUT2D eigenvalue weighted by atomic mass is 10.1. The second-order valence-corrected chi connectivity index (χ2v) is 9.10. The van der Waals surface area contributed by atoms with Gasteiger partial charge in [-0.25, -0.2) is 0 Å². The van der Waals surface area contributed by atoms with E-state index in [2.05, 4.69) is 17.6 Å². The molecule has 25 heavy (non-hydrogen) atoms. The zero-order valence-electron chi connectivity index (χ0n) is 16.3. The van der Waals surface area contributed by atoms with Gasteiger partial charge in [0.1, 0.15) is 0 Å². The average molecular weight is 377 g/mol. The van der Waals surface area contributed by atoms with Gasteiger partial charge in [0.05, 0.1) is 0 Å². The van der Waals surface area contributed by atoms with E-state index in [9.17, 15) is 9.59 Å². The Balaban J connectivity index is 3.65. The van der Waals surface area contributed by atoms with E-state index < -0.39 is 8.80 Å². The van der Waals surface area contributed by atoms with Crippen molar-refractivity contribution >= 4 is 20.6 Å². The summed E-state index contributed by atoms with van der Waals surface area (Å²) in [5.41, 5.74) is 0. The lowest BCUT2D eigenvalue weighted by Crippen LogP contribution is -2.45. The van der Waals surface area contributed by atoms with Gasteiger partial charge < -0.3 is 23.9 Å². The molecule has 0 radical (unpaired) electrons. The molecule has 0 saturated heterocycles. The Labute approximate surface area is 153 Å². The monoisotopic (exact) mass is 376 g/mol. The topological polar surface area (TPSA) is 85.9 Å². The van der Waals surface area contributed by atoms with Gasteiger partial charge in [0.25, 0.3) is 0 Å². The highest BCUT2D eigenvalue weighted by molar-refractivity contribution is 6.60. The molecule has 0 spiro atoms. The van der Waals surface area contributed by atoms with Crippen LogP contribution in [0.2, 0.25) is 6.04 Å². The first kappa shape index (κ1) is 24.0. The van der Waals surface area contributed by atoms with E-state index in [1.807, 2.05) is 0 Å². The molecule has 0 unspecified atom stereocenters. The van der Waals surface area contributed by atoms with Gasteiger partial charge in [-0.2, -0.15) is 0 Å². The van der Waals surface area contributed by atoms with Crippen molar-refractivity contribution in [2.24, 2.45) is 0 Å². The molecule has 148 valence electrons. The number of nitrogens with one attached hydrogen (secondary N) is 2. The fourth-order valence-corrected chi connectivity index (χ4v) is 3.98. The lowest BCUT2D eigenvalue weighted by molar-refractivity contribution is -0.123. The minimum atomic E-state index is -2.63. The van der Waals surface area contributed by atoms with Crippen molar-refractivity contribution < 1.29 is 22.9 Å². The maximum absolute atomic E-state index is 11.8. The van der Waals surface area contributed by atoms with Crippen LogP contribution in [-0.4, -0.2) is 55.0 Å². The second kappa shape index (κ2) is 15.3. The molecule has 0 atom stereocenters. The molecule has 0 aliphatic carbocycles. The standard InChI is InChI=1S/C17H36N2O5Si/c1-5-6-7-10-13-18-16(20)11-8-9-12-17(21)19-14-15-25(22-2,23-3)24-4/h5-15H2,1-4H3,(H,18,20)(H,19,21). The molecule has 2 N–H and O–H groups in total. The number of hydrogen-bond acceptors (Lipinski definition) is 5. The Morgan fingerprint density at radius 1 is 0.760 bits per heavy atom. The molecule has 0 aliphatic rings. The van der Waals surface area contributed by atoms with Gasteiger partial charge in [0.2, 0.25) is 11.8 Å². The minimum Gasteiger partial charge on any atom is -0.377 e. The molecule has 0 aromatic rings. The molecule has 0 heterocycles. The molecule has 8 heteroatoms. The predicted molar refractivity (Wildman–Crippen MR) is 100 cm³/mol. The van der Waals surface area contributed by atoms with E-state index in [1.54, 1.807) is 21.3 Å². The molecule has 7 nitrogen and oxygen atoms in total. The van der Waals surface area contributed by atoms with Crippen molar-refractivity contribution in [1.29, 1.82) is 0 Å². The fourth-order valence-electron chi connectivity index (χ4n) is 2.44. The second-order valence-electron chi connectivity index (χ2n) is 6.01. The summed E-state index contributed by atoms with van der Waals surface area (Å²) in [4.78, 5) is 23.4. The Bertz CT molecular complexity index is 357. The van der Waals surface area contributed by atoms with Crippen molar-refractivity contribution in [3.63, 3.8) is 0 Å². The van der Waals surface area contributed by atoms with Crippen LogP contribution in [0.15, 0.2) is 0 Å². The third-order valence-electron chi connectivity index (χ3n) is 4.10. The number of carbonyl (C=O) groups excluding carboxylic acids is 2. The number of amides is 2. The van der Waals surface area contributed by atoms with E-state index in [4.69, 9.17) is 13.3 Å². The fraction of sp³-hybridized carbons (Fsp3) is 0.882. The van der Waals surface area contributed by atoms with E-state index in [-0.39, 0.29) is 11.8 Å². The van der Waals surface area contributed by atoms with Crippen LogP contribution in [0.5, 0.6) is 0 Å². The SMILES string of the molecule is CCCCCCNC(=O)CCCCC(=O)NCC[Si](OC)(OC)OC. The summed E-state index contributed by atoms with van der Waals surface area (Å²) in [6, 6.07) is 0.530. The number of hydrogen-bond donors (Lipinski definition) is 2. The van der Waals surface area contributed by atoms with Gasteiger partial charge in [-0.15, -0.1) is 0 Å². The molecule has 0 fully saturated rings. The summed E-state index contributed by atoms with van der Waals surface area (Å²) in [5.74, 6) is 0.0548. The molecule has 0 aliphatic heterocycles. The van der Waals surface area contributed by atoms with E-state index in [0.29, 0.717) is 31.9 Å². The van der Waals surface area contributed by atoms with Crippen molar-refractivity contribution in [1.82, 2.24) is 10.6 Å². The van der Waals surface area contributed by atoms with Gasteiger partial charge in [-0.3, -0.25) is 9.59 Å². The first-order chi connectivity index (χ1) is 12.0. The largest absolute Gasteiger partial charge is 0.501 e. The minimum absolute atomic E-state index is 0.0221. The van der Waals surface area contributed by atoms with Crippen LogP contribution in [0.25, 0.3) is 0 Å². The van der Waals surface area contributed by atoms with E-state index in [0.717, 1.165) is 25.8 Å². The maximum atomic E-state index is 11.8. The van der Waals surface area contributed by atoms with Gasteiger partial charge in [-0.05, 0) is 19.3 Å². The highest BCUT2D eigenvalue weighted by Gasteiger charge is 2.37. The maximum Gasteiger partial charge on any atom is 0.501 e. The summed E-state index contributed by atoms with van der Waals surface area (Å²) in [6.45, 7) is 3.38. The van der Waals surface area contributed by atoms with Crippen molar-refractivity contribution in [3.8, 4) is 0 Å². The van der Waals surface area contributed by atoms with Crippen molar-refractivity contribution in [3.05, 3.63) is 0 Å². The molecule has 0 rings (SSSR count). The van der Waals surface area contributed by atoms with Crippen LogP contribution in [0, 0.1) is 0 Å². The number of unbranched alkanes of at least 4 members (excludes halogenated alkanes) is 4. The predicted octanol–water partition coefficient (Wildman–Crippen LogP) is 2.24. The summed E-state index contributed by atoms with van der Waals surface area (Å²) < 4.78 is 15.9. The van der Waals surface area contributed by atoms with Crippen LogP contribution in [0.1, 0.15) is 58.3 Å². The highest BCUT2D eigenvalue weighted by atomic mass is 28.4. The van der Waals surface area contributed by atoms with Crippen LogP contribution >= 0.6 is 0 Å². The Kier molecular flexibility index (Phi) is 14.7. The third-order valence-corrected chi connectivity index (χ3v) is 6.82. The quantitative estimate of drug-likeness (QED) is 0.319. The smallest absolute Gasteiger partial charge is 0.377 e. The summed E-state index contributed by atoms with van der Waals surface area (Å²) in [7, 11) is 2.03. The number of carbonyl (C=O) groups is 2. The van der Waals surface area contributed by atoms with Gasteiger partial charge >= 0.3 is 8.80 Å². The van der Waals surface area contributed by atoms with Crippen LogP contribution in [0.3, 0.4) is 0 Å². The van der Waals surface area contributed by atoms with Crippen LogP contribution in [-0.2, 0) is 22.9 Å². The molecule has 0 aromatic carbocycles. The van der Waals surface area contributed by atoms with E-state index >= 15 is 0 Å².